The van der Waals surface area contributed by atoms with Gasteiger partial charge in [0.2, 0.25) is 0 Å². The van der Waals surface area contributed by atoms with Crippen LogP contribution in [0.15, 0.2) is 34.9 Å². The average molecular weight is 248 g/mol. The average Bonchev–Trinajstić information content (AvgIpc) is 2.77. The van der Waals surface area contributed by atoms with Crippen LogP contribution in [0.2, 0.25) is 0 Å². The molecule has 0 radical (unpaired) electrons. The Bertz CT molecular complexity index is 508. The molecule has 0 saturated heterocycles. The molecule has 96 valence electrons. The number of hydrogen-bond donors (Lipinski definition) is 1. The summed E-state index contributed by atoms with van der Waals surface area (Å²) in [7, 11) is 0. The normalized spacial score (nSPS) is 10.9. The van der Waals surface area contributed by atoms with Crippen molar-refractivity contribution >= 4 is 0 Å². The van der Waals surface area contributed by atoms with Crippen molar-refractivity contribution in [2.45, 2.75) is 20.3 Å². The molecule has 0 fully saturated rings. The molecule has 0 bridgehead atoms. The van der Waals surface area contributed by atoms with Crippen LogP contribution in [-0.4, -0.2) is 5.16 Å². The molecule has 2 N–H and O–H groups in total. The van der Waals surface area contributed by atoms with E-state index in [-0.39, 0.29) is 0 Å². The second-order valence-corrected chi connectivity index (χ2v) is 4.45. The lowest BCUT2D eigenvalue weighted by Gasteiger charge is -2.03. The first-order valence-corrected chi connectivity index (χ1v) is 5.79. The Morgan fingerprint density at radius 2 is 2.11 bits per heavy atom. The fraction of sp³-hybridized carbons (Fsp3) is 0.308. The molecular formula is C13H16N2O3. The number of nitrogens with zero attached hydrogens (tertiary/aromatic N) is 1. The number of para-hydroxylation sites is 1. The number of rotatable bonds is 5. The SMILES string of the molecule is CC(C)Cc1cc(-c2ccccc2OON)no1. The first kappa shape index (κ1) is 12.6. The Kier molecular flexibility index (Phi) is 3.96. The summed E-state index contributed by atoms with van der Waals surface area (Å²) >= 11 is 0. The highest BCUT2D eigenvalue weighted by Crippen LogP contribution is 2.29. The molecule has 0 atom stereocenters. The second kappa shape index (κ2) is 5.66. The molecule has 5 nitrogen and oxygen atoms in total. The number of benzene rings is 1. The van der Waals surface area contributed by atoms with Crippen molar-refractivity contribution < 1.29 is 14.4 Å². The maximum atomic E-state index is 5.29. The van der Waals surface area contributed by atoms with Gasteiger partial charge in [0, 0.05) is 12.5 Å². The minimum atomic E-state index is 0.504. The van der Waals surface area contributed by atoms with E-state index in [1.54, 1.807) is 6.07 Å². The molecule has 2 aromatic rings. The highest BCUT2D eigenvalue weighted by molar-refractivity contribution is 5.66. The van der Waals surface area contributed by atoms with E-state index in [4.69, 9.17) is 15.3 Å². The standard InChI is InChI=1S/C13H16N2O3/c1-9(2)7-10-8-12(15-16-10)11-5-3-4-6-13(11)17-18-14/h3-6,8-9H,7,14H2,1-2H3. The zero-order valence-corrected chi connectivity index (χ0v) is 10.4. The van der Waals surface area contributed by atoms with Gasteiger partial charge in [-0.05, 0) is 18.1 Å². The van der Waals surface area contributed by atoms with Crippen LogP contribution in [0.25, 0.3) is 11.3 Å². The van der Waals surface area contributed by atoms with Crippen LogP contribution in [0.5, 0.6) is 5.75 Å². The summed E-state index contributed by atoms with van der Waals surface area (Å²) in [6.07, 6.45) is 0.851. The Hall–Kier alpha value is -1.85. The second-order valence-electron chi connectivity index (χ2n) is 4.45. The summed E-state index contributed by atoms with van der Waals surface area (Å²) in [5, 5.41) is 4.03. The molecule has 0 amide bonds. The first-order chi connectivity index (χ1) is 8.70. The van der Waals surface area contributed by atoms with Crippen molar-refractivity contribution in [3.8, 4) is 17.0 Å². The molecular weight excluding hydrogens is 232 g/mol. The van der Waals surface area contributed by atoms with Crippen LogP contribution < -0.4 is 10.8 Å². The van der Waals surface area contributed by atoms with Crippen molar-refractivity contribution in [3.63, 3.8) is 0 Å². The molecule has 18 heavy (non-hydrogen) atoms. The lowest BCUT2D eigenvalue weighted by Crippen LogP contribution is -2.04. The van der Waals surface area contributed by atoms with Crippen LogP contribution in [-0.2, 0) is 11.4 Å². The highest BCUT2D eigenvalue weighted by Gasteiger charge is 2.12. The van der Waals surface area contributed by atoms with E-state index in [1.807, 2.05) is 24.3 Å². The summed E-state index contributed by atoms with van der Waals surface area (Å²) in [5.74, 6) is 6.79. The van der Waals surface area contributed by atoms with Crippen LogP contribution in [0, 0.1) is 5.92 Å². The van der Waals surface area contributed by atoms with Gasteiger partial charge in [-0.1, -0.05) is 36.1 Å². The summed E-state index contributed by atoms with van der Waals surface area (Å²) in [4.78, 5) is 9.08. The molecule has 5 heteroatoms. The monoisotopic (exact) mass is 248 g/mol. The fourth-order valence-electron chi connectivity index (χ4n) is 1.74. The molecule has 0 aliphatic carbocycles. The van der Waals surface area contributed by atoms with Crippen LogP contribution in [0.1, 0.15) is 19.6 Å². The fourth-order valence-corrected chi connectivity index (χ4v) is 1.74. The van der Waals surface area contributed by atoms with E-state index in [0.29, 0.717) is 17.4 Å². The van der Waals surface area contributed by atoms with E-state index in [0.717, 1.165) is 17.7 Å². The summed E-state index contributed by atoms with van der Waals surface area (Å²) in [6, 6.07) is 9.23. The first-order valence-electron chi connectivity index (χ1n) is 5.79. The topological polar surface area (TPSA) is 70.5 Å². The quantitative estimate of drug-likeness (QED) is 0.650. The van der Waals surface area contributed by atoms with Crippen molar-refractivity contribution in [1.82, 2.24) is 5.16 Å². The number of nitrogens with two attached hydrogens (primary N) is 1. The van der Waals surface area contributed by atoms with Gasteiger partial charge in [0.1, 0.15) is 11.5 Å². The van der Waals surface area contributed by atoms with Crippen LogP contribution >= 0.6 is 0 Å². The van der Waals surface area contributed by atoms with E-state index >= 15 is 0 Å². The molecule has 1 aromatic heterocycles. The van der Waals surface area contributed by atoms with Crippen LogP contribution in [0.4, 0.5) is 0 Å². The zero-order chi connectivity index (χ0) is 13.0. The summed E-state index contributed by atoms with van der Waals surface area (Å²) in [5.41, 5.74) is 1.49. The Morgan fingerprint density at radius 1 is 1.33 bits per heavy atom. The highest BCUT2D eigenvalue weighted by atomic mass is 17.3. The third-order valence-corrected chi connectivity index (χ3v) is 2.47. The summed E-state index contributed by atoms with van der Waals surface area (Å²) < 4.78 is 5.29. The van der Waals surface area contributed by atoms with Crippen LogP contribution in [0.3, 0.4) is 0 Å². The molecule has 0 unspecified atom stereocenters. The van der Waals surface area contributed by atoms with Gasteiger partial charge in [-0.3, -0.25) is 0 Å². The lowest BCUT2D eigenvalue weighted by molar-refractivity contribution is -0.211. The maximum Gasteiger partial charge on any atom is 0.177 e. The van der Waals surface area contributed by atoms with Gasteiger partial charge in [0.25, 0.3) is 0 Å². The van der Waals surface area contributed by atoms with Gasteiger partial charge in [-0.15, -0.1) is 0 Å². The summed E-state index contributed by atoms with van der Waals surface area (Å²) in [6.45, 7) is 4.25. The predicted molar refractivity (Wildman–Crippen MR) is 66.4 cm³/mol. The van der Waals surface area contributed by atoms with Gasteiger partial charge in [-0.25, -0.2) is 0 Å². The minimum absolute atomic E-state index is 0.504. The van der Waals surface area contributed by atoms with Gasteiger partial charge >= 0.3 is 0 Å². The molecule has 0 saturated carbocycles. The lowest BCUT2D eigenvalue weighted by atomic mass is 10.1. The molecule has 0 aliphatic heterocycles. The Morgan fingerprint density at radius 3 is 2.83 bits per heavy atom. The predicted octanol–water partition coefficient (Wildman–Crippen LogP) is 2.72. The van der Waals surface area contributed by atoms with Gasteiger partial charge in [0.05, 0.1) is 5.56 Å². The largest absolute Gasteiger partial charge is 0.361 e. The zero-order valence-electron chi connectivity index (χ0n) is 10.4. The molecule has 0 spiro atoms. The third-order valence-electron chi connectivity index (χ3n) is 2.47. The van der Waals surface area contributed by atoms with Crippen molar-refractivity contribution in [3.05, 3.63) is 36.1 Å². The van der Waals surface area contributed by atoms with Crippen molar-refractivity contribution in [2.24, 2.45) is 11.8 Å². The van der Waals surface area contributed by atoms with Gasteiger partial charge in [0.15, 0.2) is 5.75 Å². The van der Waals surface area contributed by atoms with E-state index in [2.05, 4.69) is 24.0 Å². The third kappa shape index (κ3) is 2.88. The Balaban J connectivity index is 2.28. The molecule has 0 aliphatic rings. The molecule has 1 aromatic carbocycles. The minimum Gasteiger partial charge on any atom is -0.361 e. The number of hydrogen-bond acceptors (Lipinski definition) is 5. The van der Waals surface area contributed by atoms with Gasteiger partial charge < -0.3 is 9.41 Å². The number of aromatic nitrogens is 1. The van der Waals surface area contributed by atoms with E-state index < -0.39 is 0 Å². The van der Waals surface area contributed by atoms with Crippen molar-refractivity contribution in [2.75, 3.05) is 0 Å². The van der Waals surface area contributed by atoms with E-state index in [1.165, 1.54) is 0 Å². The maximum absolute atomic E-state index is 5.29. The van der Waals surface area contributed by atoms with Crippen molar-refractivity contribution in [1.29, 1.82) is 0 Å². The molecule has 2 rings (SSSR count). The smallest absolute Gasteiger partial charge is 0.177 e. The molecule has 1 heterocycles. The van der Waals surface area contributed by atoms with Gasteiger partial charge in [-0.2, -0.15) is 5.90 Å². The van der Waals surface area contributed by atoms with E-state index in [9.17, 15) is 0 Å². The Labute approximate surface area is 105 Å².